The van der Waals surface area contributed by atoms with Crippen LogP contribution < -0.4 is 5.32 Å². The number of nitrogens with one attached hydrogen (secondary N) is 2. The second-order valence-electron chi connectivity index (χ2n) is 4.52. The third-order valence-corrected chi connectivity index (χ3v) is 3.18. The van der Waals surface area contributed by atoms with E-state index in [1.54, 1.807) is 0 Å². The fraction of sp³-hybridized carbons (Fsp3) is 0.0833. The van der Waals surface area contributed by atoms with Gasteiger partial charge in [-0.1, -0.05) is 11.2 Å². The molecule has 8 nitrogen and oxygen atoms in total. The smallest absolute Gasteiger partial charge is 0.329 e. The second-order valence-corrected chi connectivity index (χ2v) is 5.27. The summed E-state index contributed by atoms with van der Waals surface area (Å²) < 4.78 is 55.7. The average Bonchev–Trinajstić information content (AvgIpc) is 3.16. The molecule has 0 saturated carbocycles. The molecule has 2 N–H and O–H groups in total. The Labute approximate surface area is 143 Å². The summed E-state index contributed by atoms with van der Waals surface area (Å²) in [6, 6.07) is 3.05. The first kappa shape index (κ1) is 17.0. The molecule has 0 aliphatic rings. The van der Waals surface area contributed by atoms with E-state index in [-0.39, 0.29) is 21.8 Å². The van der Waals surface area contributed by atoms with Crippen LogP contribution in [-0.2, 0) is 6.18 Å². The number of carbonyl (C=O) groups is 1. The summed E-state index contributed by atoms with van der Waals surface area (Å²) in [5.74, 6) is -3.95. The minimum absolute atomic E-state index is 0.0889. The van der Waals surface area contributed by atoms with Crippen LogP contribution >= 0.6 is 15.9 Å². The van der Waals surface area contributed by atoms with Gasteiger partial charge in [-0.2, -0.15) is 23.1 Å². The van der Waals surface area contributed by atoms with E-state index in [9.17, 15) is 22.4 Å². The van der Waals surface area contributed by atoms with Crippen LogP contribution in [0, 0.1) is 5.82 Å². The highest BCUT2D eigenvalue weighted by molar-refractivity contribution is 9.10. The van der Waals surface area contributed by atoms with Crippen molar-refractivity contribution >= 4 is 27.8 Å². The molecule has 0 saturated heterocycles. The largest absolute Gasteiger partial charge is 0.471 e. The highest BCUT2D eigenvalue weighted by Gasteiger charge is 2.38. The number of halogens is 5. The van der Waals surface area contributed by atoms with Crippen LogP contribution in [0.25, 0.3) is 11.4 Å². The predicted molar refractivity (Wildman–Crippen MR) is 76.7 cm³/mol. The molecule has 0 fully saturated rings. The summed E-state index contributed by atoms with van der Waals surface area (Å²) in [4.78, 5) is 18.9. The third kappa shape index (κ3) is 3.65. The molecular formula is C12H5BrF4N6O2. The molecule has 2 heterocycles. The van der Waals surface area contributed by atoms with Gasteiger partial charge in [0.25, 0.3) is 5.91 Å². The molecule has 0 unspecified atom stereocenters. The van der Waals surface area contributed by atoms with E-state index in [4.69, 9.17) is 0 Å². The zero-order valence-corrected chi connectivity index (χ0v) is 13.3. The van der Waals surface area contributed by atoms with Crippen LogP contribution in [0.15, 0.2) is 27.5 Å². The van der Waals surface area contributed by atoms with Gasteiger partial charge in [-0.3, -0.25) is 15.2 Å². The van der Waals surface area contributed by atoms with Crippen molar-refractivity contribution in [2.24, 2.45) is 0 Å². The zero-order chi connectivity index (χ0) is 18.2. The highest BCUT2D eigenvalue weighted by atomic mass is 79.9. The van der Waals surface area contributed by atoms with Crippen molar-refractivity contribution in [3.63, 3.8) is 0 Å². The van der Waals surface area contributed by atoms with Crippen LogP contribution in [0.3, 0.4) is 0 Å². The lowest BCUT2D eigenvalue weighted by atomic mass is 10.1. The lowest BCUT2D eigenvalue weighted by molar-refractivity contribution is -0.159. The number of amides is 1. The van der Waals surface area contributed by atoms with Crippen LogP contribution in [-0.4, -0.2) is 31.2 Å². The quantitative estimate of drug-likeness (QED) is 0.630. The van der Waals surface area contributed by atoms with Crippen molar-refractivity contribution in [3.8, 4) is 11.4 Å². The molecule has 0 aliphatic carbocycles. The van der Waals surface area contributed by atoms with Gasteiger partial charge in [0, 0.05) is 5.56 Å². The number of anilines is 1. The Kier molecular flexibility index (Phi) is 4.24. The van der Waals surface area contributed by atoms with Gasteiger partial charge in [0.05, 0.1) is 5.56 Å². The fourth-order valence-corrected chi connectivity index (χ4v) is 2.02. The van der Waals surface area contributed by atoms with E-state index in [0.29, 0.717) is 0 Å². The molecular weight excluding hydrogens is 416 g/mol. The number of aromatic nitrogens is 5. The Balaban J connectivity index is 1.83. The average molecular weight is 421 g/mol. The van der Waals surface area contributed by atoms with E-state index >= 15 is 0 Å². The molecule has 0 radical (unpaired) electrons. The molecule has 25 heavy (non-hydrogen) atoms. The van der Waals surface area contributed by atoms with Gasteiger partial charge in [0.2, 0.25) is 11.8 Å². The lowest BCUT2D eigenvalue weighted by Gasteiger charge is -2.03. The molecule has 1 aromatic carbocycles. The summed E-state index contributed by atoms with van der Waals surface area (Å²) in [5, 5.41) is 11.4. The number of hydrogen-bond acceptors (Lipinski definition) is 6. The summed E-state index contributed by atoms with van der Waals surface area (Å²) >= 11 is 2.99. The van der Waals surface area contributed by atoms with Gasteiger partial charge < -0.3 is 4.52 Å². The van der Waals surface area contributed by atoms with Crippen LogP contribution in [0.2, 0.25) is 0 Å². The minimum atomic E-state index is -4.81. The minimum Gasteiger partial charge on any atom is -0.329 e. The number of hydrogen-bond donors (Lipinski definition) is 2. The molecule has 3 aromatic rings. The van der Waals surface area contributed by atoms with Gasteiger partial charge in [-0.15, -0.1) is 5.10 Å². The maximum Gasteiger partial charge on any atom is 0.471 e. The molecule has 13 heteroatoms. The molecule has 0 bridgehead atoms. The summed E-state index contributed by atoms with van der Waals surface area (Å²) in [5.41, 5.74) is -0.460. The van der Waals surface area contributed by atoms with Gasteiger partial charge >= 0.3 is 12.1 Å². The lowest BCUT2D eigenvalue weighted by Crippen LogP contribution is -2.14. The standard InChI is InChI=1S/C12H5BrF4N6O2/c13-10-20-11(22-21-10)19-8(24)5-2-1-4(3-6(5)14)7-18-9(25-23-7)12(15,16)17/h1-3H,(H2,19,20,21,22,24). The molecule has 0 atom stereocenters. The predicted octanol–water partition coefficient (Wildman–Crippen LogP) is 3.03. The normalized spacial score (nSPS) is 11.6. The number of rotatable bonds is 3. The van der Waals surface area contributed by atoms with Crippen molar-refractivity contribution in [2.75, 3.05) is 5.32 Å². The van der Waals surface area contributed by atoms with Crippen molar-refractivity contribution in [3.05, 3.63) is 40.2 Å². The molecule has 3 rings (SSSR count). The van der Waals surface area contributed by atoms with Crippen molar-refractivity contribution < 1.29 is 26.9 Å². The van der Waals surface area contributed by atoms with Gasteiger partial charge in [-0.25, -0.2) is 4.39 Å². The van der Waals surface area contributed by atoms with Crippen LogP contribution in [0.4, 0.5) is 23.5 Å². The summed E-state index contributed by atoms with van der Waals surface area (Å²) in [6.07, 6.45) is -4.81. The summed E-state index contributed by atoms with van der Waals surface area (Å²) in [6.45, 7) is 0. The molecule has 0 spiro atoms. The van der Waals surface area contributed by atoms with Crippen molar-refractivity contribution in [1.29, 1.82) is 0 Å². The van der Waals surface area contributed by atoms with Crippen molar-refractivity contribution in [2.45, 2.75) is 6.18 Å². The van der Waals surface area contributed by atoms with Gasteiger partial charge in [-0.05, 0) is 28.1 Å². The van der Waals surface area contributed by atoms with Gasteiger partial charge in [0.15, 0.2) is 4.73 Å². The molecule has 130 valence electrons. The Morgan fingerprint density at radius 3 is 2.60 bits per heavy atom. The number of carbonyl (C=O) groups excluding carboxylic acids is 1. The number of aromatic amines is 1. The maximum atomic E-state index is 14.1. The number of nitrogens with zero attached hydrogens (tertiary/aromatic N) is 4. The molecule has 0 aliphatic heterocycles. The first-order valence-electron chi connectivity index (χ1n) is 6.34. The third-order valence-electron chi connectivity index (χ3n) is 2.82. The second kappa shape index (κ2) is 6.23. The first-order valence-corrected chi connectivity index (χ1v) is 7.13. The van der Waals surface area contributed by atoms with E-state index in [2.05, 4.69) is 51.1 Å². The molecule has 2 aromatic heterocycles. The van der Waals surface area contributed by atoms with E-state index in [1.807, 2.05) is 0 Å². The Morgan fingerprint density at radius 2 is 2.04 bits per heavy atom. The van der Waals surface area contributed by atoms with Gasteiger partial charge in [0.1, 0.15) is 5.82 Å². The fourth-order valence-electron chi connectivity index (χ4n) is 1.76. The number of H-pyrrole nitrogens is 1. The Hall–Kier alpha value is -2.83. The summed E-state index contributed by atoms with van der Waals surface area (Å²) in [7, 11) is 0. The van der Waals surface area contributed by atoms with Crippen LogP contribution in [0.1, 0.15) is 16.2 Å². The van der Waals surface area contributed by atoms with Crippen molar-refractivity contribution in [1.82, 2.24) is 25.3 Å². The van der Waals surface area contributed by atoms with E-state index in [1.165, 1.54) is 6.07 Å². The highest BCUT2D eigenvalue weighted by Crippen LogP contribution is 2.29. The topological polar surface area (TPSA) is 110 Å². The first-order chi connectivity index (χ1) is 11.7. The zero-order valence-electron chi connectivity index (χ0n) is 11.7. The number of alkyl halides is 3. The monoisotopic (exact) mass is 420 g/mol. The number of benzene rings is 1. The van der Waals surface area contributed by atoms with E-state index in [0.717, 1.165) is 12.1 Å². The Morgan fingerprint density at radius 1 is 1.28 bits per heavy atom. The maximum absolute atomic E-state index is 14.1. The Bertz CT molecular complexity index is 938. The van der Waals surface area contributed by atoms with Crippen LogP contribution in [0.5, 0.6) is 0 Å². The SMILES string of the molecule is O=C(Nc1n[nH]c(Br)n1)c1ccc(-c2noc(C(F)(F)F)n2)cc1F. The van der Waals surface area contributed by atoms with E-state index < -0.39 is 29.6 Å². The molecule has 1 amide bonds.